The molecule has 2 aliphatic heterocycles. The average Bonchev–Trinajstić information content (AvgIpc) is 3.38. The second-order valence-corrected chi connectivity index (χ2v) is 9.73. The predicted octanol–water partition coefficient (Wildman–Crippen LogP) is 4.05. The number of sulfonamides is 1. The molecule has 2 aliphatic rings. The number of ether oxygens (including phenoxy) is 1. The zero-order chi connectivity index (χ0) is 21.3. The first-order chi connectivity index (χ1) is 14.4. The third-order valence-corrected chi connectivity index (χ3v) is 7.98. The molecule has 6 nitrogen and oxygen atoms in total. The zero-order valence-electron chi connectivity index (χ0n) is 17.5. The molecule has 7 heteroatoms. The number of hydrogen-bond donors (Lipinski definition) is 0. The van der Waals surface area contributed by atoms with E-state index in [1.165, 1.54) is 0 Å². The Kier molecular flexibility index (Phi) is 5.84. The highest BCUT2D eigenvalue weighted by molar-refractivity contribution is 7.89. The van der Waals surface area contributed by atoms with E-state index in [1.54, 1.807) is 28.3 Å². The number of rotatable bonds is 6. The summed E-state index contributed by atoms with van der Waals surface area (Å²) in [6.45, 7) is 5.54. The summed E-state index contributed by atoms with van der Waals surface area (Å²) in [6, 6.07) is 12.8. The highest BCUT2D eigenvalue weighted by atomic mass is 32.2. The van der Waals surface area contributed by atoms with E-state index in [-0.39, 0.29) is 11.9 Å². The topological polar surface area (TPSA) is 66.9 Å². The first kappa shape index (κ1) is 20.9. The fourth-order valence-electron chi connectivity index (χ4n) is 4.45. The third kappa shape index (κ3) is 3.84. The molecule has 0 N–H and O–H groups in total. The summed E-state index contributed by atoms with van der Waals surface area (Å²) in [5.41, 5.74) is 2.43. The van der Waals surface area contributed by atoms with Crippen molar-refractivity contribution < 1.29 is 17.9 Å². The van der Waals surface area contributed by atoms with E-state index in [0.29, 0.717) is 36.6 Å². The minimum absolute atomic E-state index is 0.0973. The molecule has 1 atom stereocenters. The summed E-state index contributed by atoms with van der Waals surface area (Å²) in [4.78, 5) is 14.1. The largest absolute Gasteiger partial charge is 0.494 e. The van der Waals surface area contributed by atoms with E-state index < -0.39 is 10.0 Å². The number of amides is 1. The van der Waals surface area contributed by atoms with Crippen LogP contribution in [0.1, 0.15) is 49.8 Å². The van der Waals surface area contributed by atoms with Gasteiger partial charge in [0.25, 0.3) is 0 Å². The van der Waals surface area contributed by atoms with Crippen LogP contribution in [-0.2, 0) is 14.8 Å². The van der Waals surface area contributed by atoms with Gasteiger partial charge in [-0.1, -0.05) is 12.1 Å². The second-order valence-electron chi connectivity index (χ2n) is 7.87. The van der Waals surface area contributed by atoms with E-state index in [0.717, 1.165) is 36.3 Å². The molecule has 2 fully saturated rings. The Balaban J connectivity index is 1.61. The van der Waals surface area contributed by atoms with Crippen molar-refractivity contribution in [2.45, 2.75) is 50.5 Å². The molecule has 2 heterocycles. The number of benzene rings is 2. The van der Waals surface area contributed by atoms with Crippen molar-refractivity contribution in [3.63, 3.8) is 0 Å². The van der Waals surface area contributed by atoms with Gasteiger partial charge >= 0.3 is 0 Å². The Hall–Kier alpha value is -2.38. The van der Waals surface area contributed by atoms with Crippen LogP contribution in [0.15, 0.2) is 47.4 Å². The number of carbonyl (C=O) groups is 1. The minimum atomic E-state index is -3.64. The van der Waals surface area contributed by atoms with Gasteiger partial charge in [-0.15, -0.1) is 0 Å². The van der Waals surface area contributed by atoms with Gasteiger partial charge in [0.1, 0.15) is 5.75 Å². The molecule has 2 aromatic carbocycles. The molecular weight excluding hydrogens is 400 g/mol. The predicted molar refractivity (Wildman–Crippen MR) is 116 cm³/mol. The molecule has 2 aromatic rings. The third-order valence-electron chi connectivity index (χ3n) is 5.91. The molecule has 0 aromatic heterocycles. The van der Waals surface area contributed by atoms with E-state index in [2.05, 4.69) is 0 Å². The van der Waals surface area contributed by atoms with Gasteiger partial charge in [-0.05, 0) is 74.6 Å². The molecule has 1 unspecified atom stereocenters. The monoisotopic (exact) mass is 428 g/mol. The molecule has 1 amide bonds. The number of aryl methyl sites for hydroxylation is 1. The van der Waals surface area contributed by atoms with Crippen LogP contribution in [0.3, 0.4) is 0 Å². The van der Waals surface area contributed by atoms with Crippen LogP contribution in [0.4, 0.5) is 5.69 Å². The maximum atomic E-state index is 13.5. The maximum absolute atomic E-state index is 13.5. The summed E-state index contributed by atoms with van der Waals surface area (Å²) in [5.74, 6) is 0.886. The SMILES string of the molecule is CCOc1ccc(C2CCCN2S(=O)(=O)c2ccc(N3CCCC3=O)cc2C)cc1. The van der Waals surface area contributed by atoms with Crippen LogP contribution in [0.5, 0.6) is 5.75 Å². The van der Waals surface area contributed by atoms with E-state index in [4.69, 9.17) is 4.74 Å². The van der Waals surface area contributed by atoms with Crippen LogP contribution in [0, 0.1) is 6.92 Å². The fourth-order valence-corrected chi connectivity index (χ4v) is 6.34. The van der Waals surface area contributed by atoms with Crippen LogP contribution < -0.4 is 9.64 Å². The van der Waals surface area contributed by atoms with Crippen LogP contribution in [0.25, 0.3) is 0 Å². The smallest absolute Gasteiger partial charge is 0.243 e. The van der Waals surface area contributed by atoms with Crippen molar-refractivity contribution in [3.05, 3.63) is 53.6 Å². The second kappa shape index (κ2) is 8.40. The number of anilines is 1. The van der Waals surface area contributed by atoms with Gasteiger partial charge in [0.15, 0.2) is 0 Å². The molecule has 4 rings (SSSR count). The zero-order valence-corrected chi connectivity index (χ0v) is 18.3. The fraction of sp³-hybridized carbons (Fsp3) is 0.435. The molecule has 0 aliphatic carbocycles. The first-order valence-electron chi connectivity index (χ1n) is 10.6. The Labute approximate surface area is 178 Å². The quantitative estimate of drug-likeness (QED) is 0.696. The summed E-state index contributed by atoms with van der Waals surface area (Å²) in [6.07, 6.45) is 3.02. The van der Waals surface area contributed by atoms with E-state index in [1.807, 2.05) is 37.3 Å². The van der Waals surface area contributed by atoms with Crippen molar-refractivity contribution in [2.75, 3.05) is 24.6 Å². The van der Waals surface area contributed by atoms with Crippen LogP contribution >= 0.6 is 0 Å². The van der Waals surface area contributed by atoms with Gasteiger partial charge in [0.2, 0.25) is 15.9 Å². The van der Waals surface area contributed by atoms with Gasteiger partial charge in [-0.2, -0.15) is 4.31 Å². The van der Waals surface area contributed by atoms with Crippen molar-refractivity contribution >= 4 is 21.6 Å². The van der Waals surface area contributed by atoms with Gasteiger partial charge < -0.3 is 9.64 Å². The van der Waals surface area contributed by atoms with Crippen molar-refractivity contribution in [1.82, 2.24) is 4.31 Å². The van der Waals surface area contributed by atoms with Gasteiger partial charge in [-0.3, -0.25) is 4.79 Å². The number of nitrogens with zero attached hydrogens (tertiary/aromatic N) is 2. The Morgan fingerprint density at radius 3 is 2.47 bits per heavy atom. The van der Waals surface area contributed by atoms with Crippen molar-refractivity contribution in [3.8, 4) is 5.75 Å². The lowest BCUT2D eigenvalue weighted by Crippen LogP contribution is -2.31. The molecule has 2 saturated heterocycles. The summed E-state index contributed by atoms with van der Waals surface area (Å²) >= 11 is 0. The summed E-state index contributed by atoms with van der Waals surface area (Å²) in [5, 5.41) is 0. The number of carbonyl (C=O) groups excluding carboxylic acids is 1. The Morgan fingerprint density at radius 1 is 1.07 bits per heavy atom. The molecular formula is C23H28N2O4S. The van der Waals surface area contributed by atoms with Crippen molar-refractivity contribution in [2.24, 2.45) is 0 Å². The normalized spacial score (nSPS) is 20.1. The lowest BCUT2D eigenvalue weighted by molar-refractivity contribution is -0.117. The Bertz CT molecular complexity index is 1030. The highest BCUT2D eigenvalue weighted by Crippen LogP contribution is 2.38. The number of hydrogen-bond acceptors (Lipinski definition) is 4. The average molecular weight is 429 g/mol. The van der Waals surface area contributed by atoms with Gasteiger partial charge in [0, 0.05) is 25.2 Å². The summed E-state index contributed by atoms with van der Waals surface area (Å²) in [7, 11) is -3.64. The van der Waals surface area contributed by atoms with Gasteiger partial charge in [0.05, 0.1) is 17.5 Å². The van der Waals surface area contributed by atoms with Gasteiger partial charge in [-0.25, -0.2) is 8.42 Å². The van der Waals surface area contributed by atoms with E-state index >= 15 is 0 Å². The standard InChI is InChI=1S/C23H28N2O4S/c1-3-29-20-11-8-18(9-12-20)21-6-4-15-25(21)30(27,28)22-13-10-19(16-17(22)2)24-14-5-7-23(24)26/h8-13,16,21H,3-7,14-15H2,1-2H3. The van der Waals surface area contributed by atoms with Crippen LogP contribution in [0.2, 0.25) is 0 Å². The minimum Gasteiger partial charge on any atom is -0.494 e. The summed E-state index contributed by atoms with van der Waals surface area (Å²) < 4.78 is 34.2. The molecule has 0 bridgehead atoms. The molecule has 30 heavy (non-hydrogen) atoms. The first-order valence-corrected chi connectivity index (χ1v) is 12.0. The highest BCUT2D eigenvalue weighted by Gasteiger charge is 2.37. The van der Waals surface area contributed by atoms with E-state index in [9.17, 15) is 13.2 Å². The maximum Gasteiger partial charge on any atom is 0.243 e. The Morgan fingerprint density at radius 2 is 1.83 bits per heavy atom. The van der Waals surface area contributed by atoms with Crippen molar-refractivity contribution in [1.29, 1.82) is 0 Å². The molecule has 0 radical (unpaired) electrons. The molecule has 160 valence electrons. The lowest BCUT2D eigenvalue weighted by atomic mass is 10.1. The molecule has 0 spiro atoms. The lowest BCUT2D eigenvalue weighted by Gasteiger charge is -2.26. The van der Waals surface area contributed by atoms with Crippen LogP contribution in [-0.4, -0.2) is 38.3 Å². The molecule has 0 saturated carbocycles.